The van der Waals surface area contributed by atoms with E-state index in [0.717, 1.165) is 11.1 Å². The molecule has 0 saturated heterocycles. The minimum absolute atomic E-state index is 0.0935. The van der Waals surface area contributed by atoms with Gasteiger partial charge in [0.05, 0.1) is 25.4 Å². The van der Waals surface area contributed by atoms with Gasteiger partial charge < -0.3 is 24.2 Å². The number of aromatic hydroxyl groups is 1. The fraction of sp³-hybridized carbons (Fsp3) is 0.500. The maximum atomic E-state index is 13.6. The average molecular weight is 555 g/mol. The van der Waals surface area contributed by atoms with Gasteiger partial charge in [0.25, 0.3) is 0 Å². The number of carbonyl (C=O) groups is 1. The number of phenols is 1. The predicted octanol–water partition coefficient (Wildman–Crippen LogP) is 5.38. The molecular formula is C26H35ClN2O7S. The molecule has 1 aliphatic rings. The molecule has 0 saturated carbocycles. The number of amides is 1. The largest absolute Gasteiger partial charge is 0.508 e. The second-order valence-electron chi connectivity index (χ2n) is 10.6. The molecule has 0 spiro atoms. The second kappa shape index (κ2) is 10.9. The van der Waals surface area contributed by atoms with Crippen LogP contribution in [0.5, 0.6) is 17.2 Å². The number of sulfonamides is 1. The van der Waals surface area contributed by atoms with Gasteiger partial charge in [-0.3, -0.25) is 4.72 Å². The Morgan fingerprint density at radius 2 is 1.89 bits per heavy atom. The van der Waals surface area contributed by atoms with Crippen LogP contribution in [0.15, 0.2) is 36.4 Å². The maximum Gasteiger partial charge on any atom is 0.410 e. The molecule has 0 unspecified atom stereocenters. The molecule has 2 aromatic carbocycles. The van der Waals surface area contributed by atoms with Crippen LogP contribution in [0.4, 0.5) is 10.5 Å². The molecule has 1 aliphatic heterocycles. The first-order chi connectivity index (χ1) is 17.2. The Hall–Kier alpha value is -2.85. The highest BCUT2D eigenvalue weighted by molar-refractivity contribution is 7.93. The number of halogens is 1. The number of methoxy groups -OCH3 is 1. The van der Waals surface area contributed by atoms with Crippen molar-refractivity contribution in [2.45, 2.75) is 58.1 Å². The molecule has 1 heterocycles. The molecule has 1 amide bonds. The number of hydrogen-bond donors (Lipinski definition) is 2. The minimum Gasteiger partial charge on any atom is -0.508 e. The Morgan fingerprint density at radius 3 is 2.51 bits per heavy atom. The molecule has 2 N–H and O–H groups in total. The number of benzene rings is 2. The third-order valence-electron chi connectivity index (χ3n) is 5.92. The van der Waals surface area contributed by atoms with E-state index in [4.69, 9.17) is 25.8 Å². The van der Waals surface area contributed by atoms with Gasteiger partial charge in [-0.05, 0) is 45.0 Å². The molecule has 0 aromatic heterocycles. The number of hydrogen-bond acceptors (Lipinski definition) is 7. The molecule has 0 bridgehead atoms. The quantitative estimate of drug-likeness (QED) is 0.421. The van der Waals surface area contributed by atoms with E-state index in [2.05, 4.69) is 4.72 Å². The molecule has 9 nitrogen and oxygen atoms in total. The number of alkyl halides is 1. The lowest BCUT2D eigenvalue weighted by molar-refractivity contribution is 0.00663. The van der Waals surface area contributed by atoms with Crippen LogP contribution in [0.3, 0.4) is 0 Å². The van der Waals surface area contributed by atoms with Crippen molar-refractivity contribution in [2.24, 2.45) is 0 Å². The van der Waals surface area contributed by atoms with Crippen molar-refractivity contribution >= 4 is 33.4 Å². The normalized spacial score (nSPS) is 15.8. The Labute approximate surface area is 223 Å². The van der Waals surface area contributed by atoms with Crippen molar-refractivity contribution in [2.75, 3.05) is 30.2 Å². The van der Waals surface area contributed by atoms with E-state index in [-0.39, 0.29) is 12.3 Å². The van der Waals surface area contributed by atoms with E-state index in [1.54, 1.807) is 69.2 Å². The summed E-state index contributed by atoms with van der Waals surface area (Å²) >= 11 is 5.52. The summed E-state index contributed by atoms with van der Waals surface area (Å²) in [6.07, 6.45) is 0.0103. The van der Waals surface area contributed by atoms with E-state index in [0.29, 0.717) is 30.2 Å². The summed E-state index contributed by atoms with van der Waals surface area (Å²) in [7, 11) is -2.13. The summed E-state index contributed by atoms with van der Waals surface area (Å²) in [6.45, 7) is 9.90. The SMILES string of the molecule is COc1ccc(O)cc1C(C)(C)CN(C(=O)OC(C)(C)C)[C@H]1CCOc2cc(NS(=O)(=O)CCl)ccc21. The zero-order valence-electron chi connectivity index (χ0n) is 22.0. The first kappa shape index (κ1) is 28.7. The van der Waals surface area contributed by atoms with E-state index in [1.807, 2.05) is 13.8 Å². The number of anilines is 1. The van der Waals surface area contributed by atoms with Crippen LogP contribution in [0.1, 0.15) is 58.2 Å². The van der Waals surface area contributed by atoms with Gasteiger partial charge in [-0.15, -0.1) is 11.6 Å². The molecule has 1 atom stereocenters. The monoisotopic (exact) mass is 554 g/mol. The number of fused-ring (bicyclic) bond motifs is 1. The third-order valence-corrected chi connectivity index (χ3v) is 7.62. The number of carbonyl (C=O) groups excluding carboxylic acids is 1. The number of nitrogens with one attached hydrogen (secondary N) is 1. The van der Waals surface area contributed by atoms with Gasteiger partial charge in [-0.1, -0.05) is 19.9 Å². The Balaban J connectivity index is 2.03. The zero-order valence-corrected chi connectivity index (χ0v) is 23.6. The smallest absolute Gasteiger partial charge is 0.410 e. The molecule has 204 valence electrons. The highest BCUT2D eigenvalue weighted by atomic mass is 35.5. The van der Waals surface area contributed by atoms with E-state index in [9.17, 15) is 18.3 Å². The van der Waals surface area contributed by atoms with E-state index < -0.39 is 38.4 Å². The molecule has 2 aromatic rings. The van der Waals surface area contributed by atoms with Crippen LogP contribution in [0, 0.1) is 0 Å². The standard InChI is InChI=1S/C26H35ClN2O7S/c1-25(2,3)36-24(31)29(15-26(4,5)20-14-18(30)8-10-22(20)34-6)21-11-12-35-23-13-17(7-9-19(21)23)28-37(32,33)16-27/h7-10,13-14,21,28,30H,11-12,15-16H2,1-6H3/t21-/m0/s1. The molecule has 0 aliphatic carbocycles. The molecular weight excluding hydrogens is 520 g/mol. The lowest BCUT2D eigenvalue weighted by Gasteiger charge is -2.41. The number of phenolic OH excluding ortho intramolecular Hbond substituents is 1. The van der Waals surface area contributed by atoms with Crippen molar-refractivity contribution in [1.29, 1.82) is 0 Å². The molecule has 11 heteroatoms. The van der Waals surface area contributed by atoms with Crippen LogP contribution in [0.2, 0.25) is 0 Å². The lowest BCUT2D eigenvalue weighted by atomic mass is 9.82. The summed E-state index contributed by atoms with van der Waals surface area (Å²) in [6, 6.07) is 9.42. The summed E-state index contributed by atoms with van der Waals surface area (Å²) in [5, 5.41) is 9.59. The Bertz CT molecular complexity index is 1240. The summed E-state index contributed by atoms with van der Waals surface area (Å²) in [5.74, 6) is 1.15. The first-order valence-electron chi connectivity index (χ1n) is 11.9. The molecule has 0 fully saturated rings. The topological polar surface area (TPSA) is 114 Å². The summed E-state index contributed by atoms with van der Waals surface area (Å²) in [5.41, 5.74) is 0.412. The number of rotatable bonds is 8. The van der Waals surface area contributed by atoms with Gasteiger partial charge >= 0.3 is 6.09 Å². The van der Waals surface area contributed by atoms with Gasteiger partial charge in [0.15, 0.2) is 0 Å². The number of ether oxygens (including phenoxy) is 3. The van der Waals surface area contributed by atoms with Crippen LogP contribution in [0.25, 0.3) is 0 Å². The Kier molecular flexibility index (Phi) is 8.44. The fourth-order valence-electron chi connectivity index (χ4n) is 4.32. The molecule has 0 radical (unpaired) electrons. The van der Waals surface area contributed by atoms with Gasteiger partial charge in [0.2, 0.25) is 10.0 Å². The zero-order chi connectivity index (χ0) is 27.6. The van der Waals surface area contributed by atoms with Gasteiger partial charge in [-0.25, -0.2) is 13.2 Å². The first-order valence-corrected chi connectivity index (χ1v) is 14.0. The maximum absolute atomic E-state index is 13.6. The van der Waals surface area contributed by atoms with Crippen molar-refractivity contribution in [3.05, 3.63) is 47.5 Å². The average Bonchev–Trinajstić information content (AvgIpc) is 2.80. The van der Waals surface area contributed by atoms with Crippen molar-refractivity contribution in [3.63, 3.8) is 0 Å². The van der Waals surface area contributed by atoms with Crippen molar-refractivity contribution in [1.82, 2.24) is 4.90 Å². The minimum atomic E-state index is -3.68. The molecule has 3 rings (SSSR count). The molecule has 37 heavy (non-hydrogen) atoms. The second-order valence-corrected chi connectivity index (χ2v) is 12.9. The highest BCUT2D eigenvalue weighted by Gasteiger charge is 2.38. The van der Waals surface area contributed by atoms with Crippen LogP contribution in [-0.4, -0.2) is 55.6 Å². The fourth-order valence-corrected chi connectivity index (χ4v) is 5.03. The van der Waals surface area contributed by atoms with Gasteiger partial charge in [0, 0.05) is 35.6 Å². The van der Waals surface area contributed by atoms with Crippen molar-refractivity contribution < 1.29 is 32.5 Å². The van der Waals surface area contributed by atoms with E-state index in [1.165, 1.54) is 0 Å². The van der Waals surface area contributed by atoms with Crippen molar-refractivity contribution in [3.8, 4) is 17.2 Å². The van der Waals surface area contributed by atoms with Crippen LogP contribution < -0.4 is 14.2 Å². The van der Waals surface area contributed by atoms with E-state index >= 15 is 0 Å². The summed E-state index contributed by atoms with van der Waals surface area (Å²) in [4.78, 5) is 15.2. The third kappa shape index (κ3) is 7.13. The predicted molar refractivity (Wildman–Crippen MR) is 143 cm³/mol. The van der Waals surface area contributed by atoms with Crippen LogP contribution >= 0.6 is 11.6 Å². The van der Waals surface area contributed by atoms with Crippen LogP contribution in [-0.2, 0) is 20.2 Å². The number of nitrogens with zero attached hydrogens (tertiary/aromatic N) is 1. The van der Waals surface area contributed by atoms with Gasteiger partial charge in [0.1, 0.15) is 28.1 Å². The Morgan fingerprint density at radius 1 is 1.19 bits per heavy atom. The van der Waals surface area contributed by atoms with Gasteiger partial charge in [-0.2, -0.15) is 0 Å². The highest BCUT2D eigenvalue weighted by Crippen LogP contribution is 2.42. The lowest BCUT2D eigenvalue weighted by Crippen LogP contribution is -2.46. The summed E-state index contributed by atoms with van der Waals surface area (Å²) < 4.78 is 43.4.